The molecule has 4 aromatic rings. The van der Waals surface area contributed by atoms with Crippen LogP contribution in [0.15, 0.2) is 58.3 Å². The predicted octanol–water partition coefficient (Wildman–Crippen LogP) is 5.10. The minimum Gasteiger partial charge on any atom is -0.320 e. The van der Waals surface area contributed by atoms with Crippen LogP contribution in [0.25, 0.3) is 15.5 Å². The third-order valence-electron chi connectivity index (χ3n) is 3.57. The van der Waals surface area contributed by atoms with Crippen LogP contribution in [-0.2, 0) is 0 Å². The number of thioether (sulfide) groups is 1. The summed E-state index contributed by atoms with van der Waals surface area (Å²) in [6.07, 6.45) is 3.92. The van der Waals surface area contributed by atoms with Crippen LogP contribution in [0.2, 0.25) is 0 Å². The van der Waals surface area contributed by atoms with E-state index in [9.17, 15) is 4.79 Å². The molecule has 0 radical (unpaired) electrons. The molecule has 1 aromatic carbocycles. The maximum atomic E-state index is 12.7. The average molecular weight is 372 g/mol. The van der Waals surface area contributed by atoms with Crippen molar-refractivity contribution in [2.24, 2.45) is 0 Å². The molecule has 1 amide bonds. The van der Waals surface area contributed by atoms with Crippen molar-refractivity contribution in [1.29, 1.82) is 0 Å². The lowest BCUT2D eigenvalue weighted by atomic mass is 10.3. The molecule has 4 nitrogen and oxygen atoms in total. The Labute approximate surface area is 151 Å². The standard InChI is InChI=1S/C17H13N3OS3/c1-22-14-6-3-2-5-11(14)18-16(21)13-10-24-17-19-12(9-20(13)17)15-7-4-8-23-15/h2-10H,1H3,(H,18,21). The van der Waals surface area contributed by atoms with E-state index in [1.807, 2.05) is 64.0 Å². The number of imidazole rings is 1. The Morgan fingerprint density at radius 2 is 2.08 bits per heavy atom. The second kappa shape index (κ2) is 6.43. The normalized spacial score (nSPS) is 11.0. The van der Waals surface area contributed by atoms with E-state index in [1.54, 1.807) is 23.1 Å². The lowest BCUT2D eigenvalue weighted by Crippen LogP contribution is -2.14. The first-order valence-corrected chi connectivity index (χ1v) is 10.2. The Hall–Kier alpha value is -2.09. The van der Waals surface area contributed by atoms with Crippen molar-refractivity contribution < 1.29 is 4.79 Å². The van der Waals surface area contributed by atoms with Gasteiger partial charge in [0.25, 0.3) is 5.91 Å². The van der Waals surface area contributed by atoms with Gasteiger partial charge < -0.3 is 5.32 Å². The van der Waals surface area contributed by atoms with Crippen molar-refractivity contribution >= 4 is 51.0 Å². The number of benzene rings is 1. The van der Waals surface area contributed by atoms with Gasteiger partial charge in [-0.2, -0.15) is 0 Å². The molecule has 4 rings (SSSR count). The van der Waals surface area contributed by atoms with E-state index >= 15 is 0 Å². The molecule has 0 saturated heterocycles. The predicted molar refractivity (Wildman–Crippen MR) is 103 cm³/mol. The van der Waals surface area contributed by atoms with Crippen LogP contribution in [-0.4, -0.2) is 21.5 Å². The molecule has 0 spiro atoms. The van der Waals surface area contributed by atoms with E-state index in [2.05, 4.69) is 10.3 Å². The number of rotatable bonds is 4. The lowest BCUT2D eigenvalue weighted by Gasteiger charge is -2.08. The molecule has 0 aliphatic rings. The quantitative estimate of drug-likeness (QED) is 0.508. The number of nitrogens with one attached hydrogen (secondary N) is 1. The Bertz CT molecular complexity index is 1000. The molecule has 7 heteroatoms. The molecule has 0 bridgehead atoms. The van der Waals surface area contributed by atoms with Crippen molar-refractivity contribution in [3.8, 4) is 10.6 Å². The van der Waals surface area contributed by atoms with Crippen LogP contribution in [0.3, 0.4) is 0 Å². The van der Waals surface area contributed by atoms with Crippen molar-refractivity contribution in [2.75, 3.05) is 11.6 Å². The van der Waals surface area contributed by atoms with Crippen LogP contribution < -0.4 is 5.32 Å². The minimum absolute atomic E-state index is 0.127. The summed E-state index contributed by atoms with van der Waals surface area (Å²) in [6, 6.07) is 11.8. The number of nitrogens with zero attached hydrogens (tertiary/aromatic N) is 2. The molecular weight excluding hydrogens is 358 g/mol. The van der Waals surface area contributed by atoms with Gasteiger partial charge in [-0.3, -0.25) is 9.20 Å². The summed E-state index contributed by atoms with van der Waals surface area (Å²) in [4.78, 5) is 20.3. The second-order valence-corrected chi connectivity index (χ2v) is 7.66. The molecule has 0 unspecified atom stereocenters. The largest absolute Gasteiger partial charge is 0.320 e. The smallest absolute Gasteiger partial charge is 0.273 e. The highest BCUT2D eigenvalue weighted by Crippen LogP contribution is 2.28. The molecule has 120 valence electrons. The Kier molecular flexibility index (Phi) is 4.13. The van der Waals surface area contributed by atoms with Gasteiger partial charge in [-0.05, 0) is 29.8 Å². The van der Waals surface area contributed by atoms with Crippen LogP contribution in [0, 0.1) is 0 Å². The summed E-state index contributed by atoms with van der Waals surface area (Å²) in [5.74, 6) is -0.127. The van der Waals surface area contributed by atoms with Crippen LogP contribution in [0.4, 0.5) is 5.69 Å². The van der Waals surface area contributed by atoms with E-state index < -0.39 is 0 Å². The number of fused-ring (bicyclic) bond motifs is 1. The zero-order chi connectivity index (χ0) is 16.5. The zero-order valence-corrected chi connectivity index (χ0v) is 15.2. The number of hydrogen-bond acceptors (Lipinski definition) is 5. The number of hydrogen-bond donors (Lipinski definition) is 1. The Morgan fingerprint density at radius 1 is 1.21 bits per heavy atom. The van der Waals surface area contributed by atoms with E-state index in [1.165, 1.54) is 11.3 Å². The highest BCUT2D eigenvalue weighted by molar-refractivity contribution is 7.98. The lowest BCUT2D eigenvalue weighted by molar-refractivity contribution is 0.102. The monoisotopic (exact) mass is 371 g/mol. The molecule has 0 aliphatic heterocycles. The molecule has 0 atom stereocenters. The van der Waals surface area contributed by atoms with Gasteiger partial charge in [-0.1, -0.05) is 18.2 Å². The fourth-order valence-electron chi connectivity index (χ4n) is 2.42. The van der Waals surface area contributed by atoms with Gasteiger partial charge in [0.1, 0.15) is 11.4 Å². The number of thiophene rings is 1. The van der Waals surface area contributed by atoms with Crippen LogP contribution >= 0.6 is 34.4 Å². The molecular formula is C17H13N3OS3. The fraction of sp³-hybridized carbons (Fsp3) is 0.0588. The minimum atomic E-state index is -0.127. The first-order valence-electron chi connectivity index (χ1n) is 7.21. The van der Waals surface area contributed by atoms with Gasteiger partial charge in [0.15, 0.2) is 4.96 Å². The first-order chi connectivity index (χ1) is 11.8. The SMILES string of the molecule is CSc1ccccc1NC(=O)c1csc2nc(-c3cccs3)cn12. The third kappa shape index (κ3) is 2.75. The summed E-state index contributed by atoms with van der Waals surface area (Å²) >= 11 is 4.72. The van der Waals surface area contributed by atoms with Gasteiger partial charge in [0, 0.05) is 16.5 Å². The van der Waals surface area contributed by atoms with Crippen molar-refractivity contribution in [1.82, 2.24) is 9.38 Å². The number of carbonyl (C=O) groups excluding carboxylic acids is 1. The summed E-state index contributed by atoms with van der Waals surface area (Å²) in [6.45, 7) is 0. The first kappa shape index (κ1) is 15.4. The average Bonchev–Trinajstić information content (AvgIpc) is 3.31. The van der Waals surface area contributed by atoms with E-state index in [0.717, 1.165) is 26.1 Å². The number of para-hydroxylation sites is 1. The maximum absolute atomic E-state index is 12.7. The maximum Gasteiger partial charge on any atom is 0.273 e. The van der Waals surface area contributed by atoms with E-state index in [-0.39, 0.29) is 5.91 Å². The van der Waals surface area contributed by atoms with Crippen molar-refractivity contribution in [3.63, 3.8) is 0 Å². The Balaban J connectivity index is 1.67. The zero-order valence-electron chi connectivity index (χ0n) is 12.7. The number of carbonyl (C=O) groups is 1. The van der Waals surface area contributed by atoms with E-state index in [4.69, 9.17) is 0 Å². The third-order valence-corrected chi connectivity index (χ3v) is 6.10. The second-order valence-electron chi connectivity index (χ2n) is 5.03. The molecule has 0 saturated carbocycles. The highest BCUT2D eigenvalue weighted by atomic mass is 32.2. The number of anilines is 1. The molecule has 24 heavy (non-hydrogen) atoms. The summed E-state index contributed by atoms with van der Waals surface area (Å²) in [5, 5.41) is 6.87. The summed E-state index contributed by atoms with van der Waals surface area (Å²) < 4.78 is 1.86. The van der Waals surface area contributed by atoms with Gasteiger partial charge >= 0.3 is 0 Å². The molecule has 0 fully saturated rings. The van der Waals surface area contributed by atoms with E-state index in [0.29, 0.717) is 5.69 Å². The molecule has 0 aliphatic carbocycles. The van der Waals surface area contributed by atoms with Gasteiger partial charge in [-0.25, -0.2) is 4.98 Å². The Morgan fingerprint density at radius 3 is 2.88 bits per heavy atom. The molecule has 3 aromatic heterocycles. The highest BCUT2D eigenvalue weighted by Gasteiger charge is 2.16. The summed E-state index contributed by atoms with van der Waals surface area (Å²) in [7, 11) is 0. The van der Waals surface area contributed by atoms with Crippen LogP contribution in [0.5, 0.6) is 0 Å². The topological polar surface area (TPSA) is 46.4 Å². The molecule has 3 heterocycles. The van der Waals surface area contributed by atoms with Crippen molar-refractivity contribution in [2.45, 2.75) is 4.90 Å². The number of amides is 1. The van der Waals surface area contributed by atoms with Gasteiger partial charge in [0.2, 0.25) is 0 Å². The van der Waals surface area contributed by atoms with Gasteiger partial charge in [0.05, 0.1) is 10.6 Å². The van der Waals surface area contributed by atoms with Crippen LogP contribution in [0.1, 0.15) is 10.5 Å². The number of thiazole rings is 1. The van der Waals surface area contributed by atoms with Crippen molar-refractivity contribution in [3.05, 3.63) is 59.0 Å². The fourth-order valence-corrected chi connectivity index (χ4v) is 4.51. The number of aromatic nitrogens is 2. The molecule has 1 N–H and O–H groups in total. The van der Waals surface area contributed by atoms with Gasteiger partial charge in [-0.15, -0.1) is 34.4 Å². The summed E-state index contributed by atoms with van der Waals surface area (Å²) in [5.41, 5.74) is 2.32.